The molecular formula is C45H43N5O7. The van der Waals surface area contributed by atoms with Crippen LogP contribution in [0.3, 0.4) is 0 Å². The van der Waals surface area contributed by atoms with Crippen molar-refractivity contribution in [2.75, 3.05) is 46.4 Å². The molecular weight excluding hydrogens is 723 g/mol. The van der Waals surface area contributed by atoms with Crippen LogP contribution in [0.1, 0.15) is 40.2 Å². The molecule has 1 fully saturated rings. The second-order valence-electron chi connectivity index (χ2n) is 13.8. The minimum Gasteiger partial charge on any atom is -0.497 e. The van der Waals surface area contributed by atoms with Crippen molar-refractivity contribution in [1.29, 1.82) is 0 Å². The molecule has 1 aliphatic carbocycles. The van der Waals surface area contributed by atoms with Gasteiger partial charge in [0.25, 0.3) is 0 Å². The lowest BCUT2D eigenvalue weighted by Crippen LogP contribution is -2.54. The third-order valence-corrected chi connectivity index (χ3v) is 10.4. The van der Waals surface area contributed by atoms with Crippen LogP contribution in [0.4, 0.5) is 9.59 Å². The largest absolute Gasteiger partial charge is 0.497 e. The highest BCUT2D eigenvalue weighted by molar-refractivity contribution is 6.01. The Morgan fingerprint density at radius 1 is 0.825 bits per heavy atom. The monoisotopic (exact) mass is 765 g/mol. The van der Waals surface area contributed by atoms with Crippen molar-refractivity contribution in [3.63, 3.8) is 0 Å². The Bertz CT molecular complexity index is 2180. The smallest absolute Gasteiger partial charge is 0.407 e. The number of aliphatic imine (C=N–C) groups is 1. The van der Waals surface area contributed by atoms with Gasteiger partial charge in [-0.05, 0) is 51.1 Å². The van der Waals surface area contributed by atoms with E-state index in [0.29, 0.717) is 18.0 Å². The predicted octanol–water partition coefficient (Wildman–Crippen LogP) is 6.25. The first-order valence-electron chi connectivity index (χ1n) is 18.8. The van der Waals surface area contributed by atoms with Crippen molar-refractivity contribution in [3.8, 4) is 16.9 Å². The summed E-state index contributed by atoms with van der Waals surface area (Å²) < 4.78 is 11.0. The lowest BCUT2D eigenvalue weighted by atomic mass is 9.77. The minimum absolute atomic E-state index is 0.0505. The number of alkyl carbamates (subject to hydrolysis) is 1. The molecule has 1 saturated heterocycles. The van der Waals surface area contributed by atoms with Crippen molar-refractivity contribution in [2.45, 2.75) is 17.9 Å². The van der Waals surface area contributed by atoms with Gasteiger partial charge in [0.2, 0.25) is 5.91 Å². The van der Waals surface area contributed by atoms with E-state index in [1.807, 2.05) is 121 Å². The molecule has 5 aromatic rings. The Morgan fingerprint density at radius 2 is 1.39 bits per heavy atom. The van der Waals surface area contributed by atoms with Crippen molar-refractivity contribution in [3.05, 3.63) is 161 Å². The average molecular weight is 766 g/mol. The molecule has 5 aromatic carbocycles. The number of amidine groups is 1. The second-order valence-corrected chi connectivity index (χ2v) is 13.8. The molecule has 4 amide bonds. The number of carbonyl (C=O) groups is 4. The average Bonchev–Trinajstić information content (AvgIpc) is 3.56. The fourth-order valence-electron chi connectivity index (χ4n) is 7.59. The van der Waals surface area contributed by atoms with Crippen molar-refractivity contribution >= 4 is 29.8 Å². The third-order valence-electron chi connectivity index (χ3n) is 10.4. The first kappa shape index (κ1) is 38.3. The van der Waals surface area contributed by atoms with Crippen LogP contribution in [0.15, 0.2) is 138 Å². The van der Waals surface area contributed by atoms with Gasteiger partial charge in [-0.25, -0.2) is 9.59 Å². The summed E-state index contributed by atoms with van der Waals surface area (Å²) >= 11 is 0. The number of hydrogen-bond donors (Lipinski definition) is 3. The molecule has 290 valence electrons. The predicted molar refractivity (Wildman–Crippen MR) is 215 cm³/mol. The number of carboxylic acid groups (broad SMARTS) is 1. The molecule has 2 aliphatic rings. The highest BCUT2D eigenvalue weighted by atomic mass is 16.5. The van der Waals surface area contributed by atoms with Gasteiger partial charge in [0.05, 0.1) is 7.11 Å². The number of fused-ring (bicyclic) bond motifs is 3. The fraction of sp³-hybridized carbons (Fsp3) is 0.222. The van der Waals surface area contributed by atoms with Gasteiger partial charge in [-0.3, -0.25) is 19.9 Å². The van der Waals surface area contributed by atoms with Gasteiger partial charge in [-0.1, -0.05) is 121 Å². The Hall–Kier alpha value is -6.95. The zero-order valence-corrected chi connectivity index (χ0v) is 31.5. The summed E-state index contributed by atoms with van der Waals surface area (Å²) in [5.41, 5.74) is 5.97. The molecule has 12 heteroatoms. The summed E-state index contributed by atoms with van der Waals surface area (Å²) in [5.74, 6) is -0.799. The third kappa shape index (κ3) is 8.35. The molecule has 12 nitrogen and oxygen atoms in total. The lowest BCUT2D eigenvalue weighted by molar-refractivity contribution is -0.144. The number of ether oxygens (including phenoxy) is 2. The van der Waals surface area contributed by atoms with Gasteiger partial charge in [0.15, 0.2) is 0 Å². The highest BCUT2D eigenvalue weighted by Crippen LogP contribution is 2.45. The second kappa shape index (κ2) is 17.2. The van der Waals surface area contributed by atoms with Gasteiger partial charge >= 0.3 is 18.1 Å². The SMILES string of the molecule is COc1ccc(C(N=C2CCN(CC(=O)N(CCNC(=O)OCC3c4ccccc4-c4ccccc43)CC(=O)O)C(=O)N2)(c2ccccc2)c2ccccc2)cc1. The molecule has 1 heterocycles. The van der Waals surface area contributed by atoms with Crippen LogP contribution in [0.2, 0.25) is 0 Å². The van der Waals surface area contributed by atoms with E-state index in [4.69, 9.17) is 14.5 Å². The number of carbonyl (C=O) groups excluding carboxylic acids is 3. The molecule has 0 spiro atoms. The molecule has 0 atom stereocenters. The molecule has 0 radical (unpaired) electrons. The zero-order chi connectivity index (χ0) is 39.8. The van der Waals surface area contributed by atoms with Crippen LogP contribution in [0, 0.1) is 0 Å². The van der Waals surface area contributed by atoms with E-state index in [0.717, 1.165) is 43.8 Å². The van der Waals surface area contributed by atoms with Crippen molar-refractivity contribution < 1.29 is 33.8 Å². The van der Waals surface area contributed by atoms with Crippen LogP contribution >= 0.6 is 0 Å². The van der Waals surface area contributed by atoms with E-state index in [1.54, 1.807) is 7.11 Å². The molecule has 0 saturated carbocycles. The van der Waals surface area contributed by atoms with Crippen LogP contribution in [0.25, 0.3) is 11.1 Å². The van der Waals surface area contributed by atoms with Crippen molar-refractivity contribution in [1.82, 2.24) is 20.4 Å². The van der Waals surface area contributed by atoms with E-state index in [-0.39, 0.29) is 38.7 Å². The highest BCUT2D eigenvalue weighted by Gasteiger charge is 2.38. The number of aliphatic carboxylic acids is 1. The lowest BCUT2D eigenvalue weighted by Gasteiger charge is -2.35. The normalized spacial score (nSPS) is 14.3. The molecule has 57 heavy (non-hydrogen) atoms. The number of methoxy groups -OCH3 is 1. The van der Waals surface area contributed by atoms with Gasteiger partial charge < -0.3 is 29.7 Å². The topological polar surface area (TPSA) is 150 Å². The number of nitrogens with zero attached hydrogens (tertiary/aromatic N) is 3. The first-order chi connectivity index (χ1) is 27.8. The van der Waals surface area contributed by atoms with Gasteiger partial charge in [-0.15, -0.1) is 0 Å². The maximum Gasteiger partial charge on any atom is 0.407 e. The number of carboxylic acids is 1. The fourth-order valence-corrected chi connectivity index (χ4v) is 7.59. The van der Waals surface area contributed by atoms with Crippen LogP contribution in [-0.4, -0.2) is 91.2 Å². The standard InChI is InChI=1S/C45H43N5O7/c1-56-34-22-20-33(21-23-34)45(31-12-4-2-5-13-31,32-14-6-3-7-15-32)48-40-24-26-50(43(54)47-40)28-41(51)49(29-42(52)53)27-25-46-44(55)57-30-39-37-18-10-8-16-35(37)36-17-9-11-19-38(36)39/h2-23,39H,24-30H2,1H3,(H,46,55)(H,52,53)(H,47,48,54). The van der Waals surface area contributed by atoms with Gasteiger partial charge in [-0.2, -0.15) is 0 Å². The number of urea groups is 1. The van der Waals surface area contributed by atoms with E-state index in [9.17, 15) is 24.3 Å². The number of rotatable bonds is 14. The van der Waals surface area contributed by atoms with E-state index in [1.165, 1.54) is 4.90 Å². The van der Waals surface area contributed by atoms with Crippen LogP contribution < -0.4 is 15.4 Å². The minimum atomic E-state index is -1.22. The quantitative estimate of drug-likeness (QED) is 0.113. The Balaban J connectivity index is 1.000. The number of hydrogen-bond acceptors (Lipinski definition) is 7. The zero-order valence-electron chi connectivity index (χ0n) is 31.5. The summed E-state index contributed by atoms with van der Waals surface area (Å²) in [5, 5.41) is 15.1. The summed E-state index contributed by atoms with van der Waals surface area (Å²) in [6, 6.07) is 42.8. The molecule has 1 aliphatic heterocycles. The molecule has 0 unspecified atom stereocenters. The summed E-state index contributed by atoms with van der Waals surface area (Å²) in [4.78, 5) is 59.3. The Labute approximate surface area is 330 Å². The molecule has 0 bridgehead atoms. The number of nitrogens with one attached hydrogen (secondary N) is 2. The summed E-state index contributed by atoms with van der Waals surface area (Å²) in [7, 11) is 1.61. The van der Waals surface area contributed by atoms with Crippen molar-refractivity contribution in [2.24, 2.45) is 4.99 Å². The Morgan fingerprint density at radius 3 is 1.95 bits per heavy atom. The first-order valence-corrected chi connectivity index (χ1v) is 18.8. The van der Waals surface area contributed by atoms with E-state index >= 15 is 0 Å². The summed E-state index contributed by atoms with van der Waals surface area (Å²) in [6.45, 7) is -0.839. The van der Waals surface area contributed by atoms with Crippen LogP contribution in [-0.2, 0) is 19.9 Å². The molecule has 7 rings (SSSR count). The van der Waals surface area contributed by atoms with Gasteiger partial charge in [0.1, 0.15) is 36.8 Å². The van der Waals surface area contributed by atoms with E-state index in [2.05, 4.69) is 22.8 Å². The Kier molecular flexibility index (Phi) is 11.6. The van der Waals surface area contributed by atoms with Crippen LogP contribution in [0.5, 0.6) is 5.75 Å². The summed E-state index contributed by atoms with van der Waals surface area (Å²) in [6.07, 6.45) is -0.377. The molecule has 3 N–H and O–H groups in total. The maximum absolute atomic E-state index is 13.6. The molecule has 0 aromatic heterocycles. The van der Waals surface area contributed by atoms with Gasteiger partial charge in [0, 0.05) is 32.0 Å². The number of benzene rings is 5. The number of amides is 4. The maximum atomic E-state index is 13.6. The van der Waals surface area contributed by atoms with E-state index < -0.39 is 36.1 Å².